The van der Waals surface area contributed by atoms with Crippen LogP contribution in [-0.2, 0) is 6.54 Å². The van der Waals surface area contributed by atoms with Crippen LogP contribution in [0.5, 0.6) is 0 Å². The predicted octanol–water partition coefficient (Wildman–Crippen LogP) is 2.63. The molecule has 112 valence electrons. The molecule has 1 heterocycles. The van der Waals surface area contributed by atoms with E-state index >= 15 is 0 Å². The minimum Gasteiger partial charge on any atom is -0.392 e. The number of piperidine rings is 1. The second kappa shape index (κ2) is 8.13. The quantitative estimate of drug-likeness (QED) is 0.835. The summed E-state index contributed by atoms with van der Waals surface area (Å²) in [6, 6.07) is 8.49. The molecule has 1 saturated heterocycles. The van der Waals surface area contributed by atoms with Crippen molar-refractivity contribution in [1.82, 2.24) is 10.2 Å². The summed E-state index contributed by atoms with van der Waals surface area (Å²) >= 11 is 3.46. The van der Waals surface area contributed by atoms with Crippen LogP contribution in [-0.4, -0.2) is 42.3 Å². The molecule has 1 aliphatic heterocycles. The highest BCUT2D eigenvalue weighted by Crippen LogP contribution is 2.17. The van der Waals surface area contributed by atoms with E-state index in [0.717, 1.165) is 43.1 Å². The van der Waals surface area contributed by atoms with Crippen LogP contribution in [0.2, 0.25) is 0 Å². The second-order valence-corrected chi connectivity index (χ2v) is 6.77. The van der Waals surface area contributed by atoms with Crippen LogP contribution in [0.25, 0.3) is 0 Å². The summed E-state index contributed by atoms with van der Waals surface area (Å²) in [4.78, 5) is 2.37. The number of nitrogens with zero attached hydrogens (tertiary/aromatic N) is 1. The Kier molecular flexibility index (Phi) is 6.49. The van der Waals surface area contributed by atoms with Gasteiger partial charge in [-0.15, -0.1) is 0 Å². The molecule has 0 aromatic heterocycles. The number of benzene rings is 1. The van der Waals surface area contributed by atoms with Gasteiger partial charge >= 0.3 is 0 Å². The first-order valence-corrected chi connectivity index (χ1v) is 8.28. The van der Waals surface area contributed by atoms with Gasteiger partial charge in [0.05, 0.1) is 6.10 Å². The molecule has 3 nitrogen and oxygen atoms in total. The van der Waals surface area contributed by atoms with Gasteiger partial charge in [0.15, 0.2) is 0 Å². The molecular weight excluding hydrogens is 316 g/mol. The summed E-state index contributed by atoms with van der Waals surface area (Å²) < 4.78 is 1.13. The van der Waals surface area contributed by atoms with E-state index < -0.39 is 0 Å². The number of likely N-dealkylation sites (tertiary alicyclic amines) is 1. The van der Waals surface area contributed by atoms with E-state index in [2.05, 4.69) is 50.4 Å². The Morgan fingerprint density at radius 3 is 2.55 bits per heavy atom. The van der Waals surface area contributed by atoms with Gasteiger partial charge < -0.3 is 15.3 Å². The van der Waals surface area contributed by atoms with Gasteiger partial charge in [-0.2, -0.15) is 0 Å². The van der Waals surface area contributed by atoms with E-state index in [9.17, 15) is 5.11 Å². The third kappa shape index (κ3) is 5.52. The minimum atomic E-state index is -0.206. The Bertz CT molecular complexity index is 386. The molecule has 1 aromatic carbocycles. The first-order chi connectivity index (χ1) is 9.63. The number of nitrogens with one attached hydrogen (secondary N) is 1. The Labute approximate surface area is 130 Å². The topological polar surface area (TPSA) is 35.5 Å². The fourth-order valence-corrected chi connectivity index (χ4v) is 3.03. The van der Waals surface area contributed by atoms with Crippen molar-refractivity contribution < 1.29 is 5.11 Å². The summed E-state index contributed by atoms with van der Waals surface area (Å²) in [5.74, 6) is 0.774. The first kappa shape index (κ1) is 16.0. The SMILES string of the molecule is C[C@@H](O)CN1CCC(CNCc2ccc(Br)cc2)CC1. The molecule has 0 saturated carbocycles. The Balaban J connectivity index is 1.62. The van der Waals surface area contributed by atoms with Gasteiger partial charge in [-0.3, -0.25) is 0 Å². The smallest absolute Gasteiger partial charge is 0.0639 e. The number of β-amino-alcohol motifs (C(OH)–C–C–N with tert-alkyl or cyclic N) is 1. The van der Waals surface area contributed by atoms with E-state index in [-0.39, 0.29) is 6.10 Å². The summed E-state index contributed by atoms with van der Waals surface area (Å²) in [6.07, 6.45) is 2.27. The van der Waals surface area contributed by atoms with Crippen LogP contribution in [0.1, 0.15) is 25.3 Å². The number of hydrogen-bond donors (Lipinski definition) is 2. The van der Waals surface area contributed by atoms with Crippen molar-refractivity contribution >= 4 is 15.9 Å². The number of aliphatic hydroxyl groups excluding tert-OH is 1. The van der Waals surface area contributed by atoms with Crippen LogP contribution in [0, 0.1) is 5.92 Å². The zero-order valence-electron chi connectivity index (χ0n) is 12.2. The molecule has 4 heteroatoms. The van der Waals surface area contributed by atoms with E-state index in [4.69, 9.17) is 0 Å². The zero-order valence-corrected chi connectivity index (χ0v) is 13.8. The molecule has 0 amide bonds. The number of rotatable bonds is 6. The van der Waals surface area contributed by atoms with Gasteiger partial charge in [-0.25, -0.2) is 0 Å². The third-order valence-corrected chi connectivity index (χ3v) is 4.43. The fraction of sp³-hybridized carbons (Fsp3) is 0.625. The molecule has 1 atom stereocenters. The van der Waals surface area contributed by atoms with Crippen molar-refractivity contribution in [3.63, 3.8) is 0 Å². The summed E-state index contributed by atoms with van der Waals surface area (Å²) in [5.41, 5.74) is 1.33. The zero-order chi connectivity index (χ0) is 14.4. The highest BCUT2D eigenvalue weighted by Gasteiger charge is 2.19. The van der Waals surface area contributed by atoms with Crippen molar-refractivity contribution in [1.29, 1.82) is 0 Å². The van der Waals surface area contributed by atoms with Crippen LogP contribution < -0.4 is 5.32 Å². The second-order valence-electron chi connectivity index (χ2n) is 5.85. The average Bonchev–Trinajstić information content (AvgIpc) is 2.42. The summed E-state index contributed by atoms with van der Waals surface area (Å²) in [7, 11) is 0. The normalized spacial score (nSPS) is 19.1. The Morgan fingerprint density at radius 2 is 1.95 bits per heavy atom. The molecule has 0 unspecified atom stereocenters. The van der Waals surface area contributed by atoms with Crippen molar-refractivity contribution in [3.05, 3.63) is 34.3 Å². The van der Waals surface area contributed by atoms with Gasteiger partial charge in [0.1, 0.15) is 0 Å². The molecule has 1 aromatic rings. The molecule has 0 aliphatic carbocycles. The van der Waals surface area contributed by atoms with E-state index in [1.165, 1.54) is 18.4 Å². The number of aliphatic hydroxyl groups is 1. The monoisotopic (exact) mass is 340 g/mol. The molecular formula is C16H25BrN2O. The maximum Gasteiger partial charge on any atom is 0.0639 e. The van der Waals surface area contributed by atoms with Gasteiger partial charge in [-0.05, 0) is 63.0 Å². The van der Waals surface area contributed by atoms with Crippen molar-refractivity contribution in [2.24, 2.45) is 5.92 Å². The lowest BCUT2D eigenvalue weighted by atomic mass is 9.96. The molecule has 20 heavy (non-hydrogen) atoms. The predicted molar refractivity (Wildman–Crippen MR) is 86.7 cm³/mol. The standard InChI is InChI=1S/C16H25BrN2O/c1-13(20)12-19-8-6-15(7-9-19)11-18-10-14-2-4-16(17)5-3-14/h2-5,13,15,18,20H,6-12H2,1H3/t13-/m1/s1. The number of hydrogen-bond acceptors (Lipinski definition) is 3. The Hall–Kier alpha value is -0.420. The van der Waals surface area contributed by atoms with E-state index in [1.807, 2.05) is 6.92 Å². The van der Waals surface area contributed by atoms with Crippen molar-refractivity contribution in [2.75, 3.05) is 26.2 Å². The molecule has 0 spiro atoms. The highest BCUT2D eigenvalue weighted by molar-refractivity contribution is 9.10. The number of halogens is 1. The first-order valence-electron chi connectivity index (χ1n) is 7.49. The van der Waals surface area contributed by atoms with Crippen molar-refractivity contribution in [3.8, 4) is 0 Å². The third-order valence-electron chi connectivity index (χ3n) is 3.90. The van der Waals surface area contributed by atoms with E-state index in [1.54, 1.807) is 0 Å². The molecule has 1 fully saturated rings. The van der Waals surface area contributed by atoms with Gasteiger partial charge in [0, 0.05) is 17.6 Å². The summed E-state index contributed by atoms with van der Waals surface area (Å²) in [5, 5.41) is 13.0. The summed E-state index contributed by atoms with van der Waals surface area (Å²) in [6.45, 7) is 6.97. The van der Waals surface area contributed by atoms with Gasteiger partial charge in [-0.1, -0.05) is 28.1 Å². The molecule has 2 N–H and O–H groups in total. The highest BCUT2D eigenvalue weighted by atomic mass is 79.9. The molecule has 1 aliphatic rings. The van der Waals surface area contributed by atoms with Crippen LogP contribution >= 0.6 is 15.9 Å². The lowest BCUT2D eigenvalue weighted by Crippen LogP contribution is -2.40. The molecule has 0 radical (unpaired) electrons. The minimum absolute atomic E-state index is 0.206. The van der Waals surface area contributed by atoms with Crippen LogP contribution in [0.3, 0.4) is 0 Å². The lowest BCUT2D eigenvalue weighted by Gasteiger charge is -2.32. The van der Waals surface area contributed by atoms with Gasteiger partial charge in [0.2, 0.25) is 0 Å². The largest absolute Gasteiger partial charge is 0.392 e. The lowest BCUT2D eigenvalue weighted by molar-refractivity contribution is 0.0998. The maximum atomic E-state index is 9.40. The van der Waals surface area contributed by atoms with Crippen LogP contribution in [0.15, 0.2) is 28.7 Å². The Morgan fingerprint density at radius 1 is 1.30 bits per heavy atom. The molecule has 2 rings (SSSR count). The van der Waals surface area contributed by atoms with Crippen LogP contribution in [0.4, 0.5) is 0 Å². The fourth-order valence-electron chi connectivity index (χ4n) is 2.77. The maximum absolute atomic E-state index is 9.40. The average molecular weight is 341 g/mol. The van der Waals surface area contributed by atoms with Gasteiger partial charge in [0.25, 0.3) is 0 Å². The van der Waals surface area contributed by atoms with E-state index in [0.29, 0.717) is 0 Å². The van der Waals surface area contributed by atoms with Crippen molar-refractivity contribution in [2.45, 2.75) is 32.4 Å². The molecule has 0 bridgehead atoms.